The lowest BCUT2D eigenvalue weighted by atomic mass is 9.73. The molecule has 1 heterocycles. The normalized spacial score (nSPS) is 22.5. The average Bonchev–Trinajstić information content (AvgIpc) is 3.45. The van der Waals surface area contributed by atoms with Gasteiger partial charge in [0.1, 0.15) is 18.2 Å². The Balaban J connectivity index is 0.000000383. The van der Waals surface area contributed by atoms with Crippen LogP contribution in [0, 0.1) is 5.92 Å². The molecule has 0 radical (unpaired) electrons. The first-order valence-electron chi connectivity index (χ1n) is 13.5. The van der Waals surface area contributed by atoms with Crippen molar-refractivity contribution in [2.45, 2.75) is 108 Å². The first kappa shape index (κ1) is 28.0. The predicted octanol–water partition coefficient (Wildman–Crippen LogP) is 5.20. The van der Waals surface area contributed by atoms with Gasteiger partial charge in [0.05, 0.1) is 0 Å². The van der Waals surface area contributed by atoms with Crippen LogP contribution in [0.5, 0.6) is 0 Å². The number of carboxylic acid groups (broad SMARTS) is 2. The van der Waals surface area contributed by atoms with E-state index in [-0.39, 0.29) is 24.6 Å². The van der Waals surface area contributed by atoms with Crippen molar-refractivity contribution in [1.82, 2.24) is 10.2 Å². The maximum absolute atomic E-state index is 13.2. The van der Waals surface area contributed by atoms with Crippen LogP contribution in [0.4, 0.5) is 4.79 Å². The number of carbonyl (C=O) groups is 3. The second-order valence-corrected chi connectivity index (χ2v) is 10.5. The van der Waals surface area contributed by atoms with Crippen LogP contribution in [0.1, 0.15) is 89.5 Å². The van der Waals surface area contributed by atoms with Gasteiger partial charge >= 0.3 is 18.0 Å². The minimum Gasteiger partial charge on any atom is -0.480 e. The smallest absolute Gasteiger partial charge is 0.411 e. The van der Waals surface area contributed by atoms with Gasteiger partial charge in [-0.3, -0.25) is 9.69 Å². The first-order valence-corrected chi connectivity index (χ1v) is 13.5. The summed E-state index contributed by atoms with van der Waals surface area (Å²) in [4.78, 5) is 37.5. The van der Waals surface area contributed by atoms with Crippen LogP contribution >= 0.6 is 0 Å². The number of benzene rings is 1. The van der Waals surface area contributed by atoms with Gasteiger partial charge in [0.15, 0.2) is 0 Å². The van der Waals surface area contributed by atoms with E-state index in [0.29, 0.717) is 0 Å². The molecular formula is C28H42N2O6. The first-order chi connectivity index (χ1) is 17.3. The fraction of sp³-hybridized carbons (Fsp3) is 0.679. The van der Waals surface area contributed by atoms with Gasteiger partial charge in [0.25, 0.3) is 0 Å². The molecule has 3 aliphatic rings. The SMILES string of the molecule is C[C@](C(=O)O)(C1CCCCC1)N(C(=O)OCc1ccccc1)C1CCCCC1.O=C(O)[C@@H]1CCCN1. The highest BCUT2D eigenvalue weighted by molar-refractivity contribution is 5.84. The van der Waals surface area contributed by atoms with Crippen LogP contribution < -0.4 is 5.32 Å². The van der Waals surface area contributed by atoms with Crippen LogP contribution in [-0.2, 0) is 20.9 Å². The number of ether oxygens (including phenoxy) is 1. The van der Waals surface area contributed by atoms with E-state index in [0.717, 1.165) is 89.2 Å². The molecule has 0 spiro atoms. The van der Waals surface area contributed by atoms with Gasteiger partial charge in [-0.05, 0) is 63.5 Å². The number of aliphatic carboxylic acids is 2. The third-order valence-corrected chi connectivity index (χ3v) is 8.03. The summed E-state index contributed by atoms with van der Waals surface area (Å²) in [5.74, 6) is -1.64. The molecule has 1 aromatic carbocycles. The van der Waals surface area contributed by atoms with E-state index in [4.69, 9.17) is 9.84 Å². The monoisotopic (exact) mass is 502 g/mol. The Morgan fingerprint density at radius 2 is 1.53 bits per heavy atom. The highest BCUT2D eigenvalue weighted by atomic mass is 16.6. The fourth-order valence-corrected chi connectivity index (χ4v) is 5.88. The van der Waals surface area contributed by atoms with Gasteiger partial charge < -0.3 is 20.3 Å². The van der Waals surface area contributed by atoms with Crippen molar-refractivity contribution < 1.29 is 29.3 Å². The lowest BCUT2D eigenvalue weighted by Gasteiger charge is -2.48. The Kier molecular flexibility index (Phi) is 10.6. The number of hydrogen-bond acceptors (Lipinski definition) is 5. The molecule has 0 unspecified atom stereocenters. The molecule has 1 aromatic rings. The van der Waals surface area contributed by atoms with E-state index < -0.39 is 23.6 Å². The largest absolute Gasteiger partial charge is 0.480 e. The summed E-state index contributed by atoms with van der Waals surface area (Å²) in [6, 6.07) is 9.24. The Morgan fingerprint density at radius 3 is 2.03 bits per heavy atom. The number of nitrogens with one attached hydrogen (secondary N) is 1. The number of amides is 1. The zero-order chi connectivity index (χ0) is 26.0. The van der Waals surface area contributed by atoms with Gasteiger partial charge in [-0.1, -0.05) is 68.9 Å². The van der Waals surface area contributed by atoms with E-state index in [1.54, 1.807) is 11.8 Å². The van der Waals surface area contributed by atoms with E-state index in [1.165, 1.54) is 0 Å². The average molecular weight is 503 g/mol. The number of hydrogen-bond donors (Lipinski definition) is 3. The Bertz CT molecular complexity index is 845. The van der Waals surface area contributed by atoms with Crippen molar-refractivity contribution in [3.63, 3.8) is 0 Å². The Hall–Kier alpha value is -2.61. The zero-order valence-electron chi connectivity index (χ0n) is 21.5. The summed E-state index contributed by atoms with van der Waals surface area (Å²) in [6.45, 7) is 2.78. The maximum Gasteiger partial charge on any atom is 0.411 e. The van der Waals surface area contributed by atoms with Gasteiger partial charge in [0, 0.05) is 6.04 Å². The molecular weight excluding hydrogens is 460 g/mol. The summed E-state index contributed by atoms with van der Waals surface area (Å²) in [7, 11) is 0. The third-order valence-electron chi connectivity index (χ3n) is 8.03. The standard InChI is InChI=1S/C23H33NO4.C5H9NO2/c1-23(21(25)26,19-13-7-3-8-14-19)24(20-15-9-4-10-16-20)22(27)28-17-18-11-5-2-6-12-18;7-5(8)4-2-1-3-6-4/h2,5-6,11-12,19-20H,3-4,7-10,13-17H2,1H3,(H,25,26);4,6H,1-3H2,(H,7,8)/t23-;4-/m10/s1. The molecule has 1 amide bonds. The van der Waals surface area contributed by atoms with E-state index in [9.17, 15) is 19.5 Å². The van der Waals surface area contributed by atoms with E-state index in [2.05, 4.69) is 5.32 Å². The molecule has 0 aromatic heterocycles. The summed E-state index contributed by atoms with van der Waals surface area (Å²) in [5, 5.41) is 21.5. The van der Waals surface area contributed by atoms with E-state index >= 15 is 0 Å². The Morgan fingerprint density at radius 1 is 0.917 bits per heavy atom. The third kappa shape index (κ3) is 7.21. The maximum atomic E-state index is 13.2. The number of carbonyl (C=O) groups excluding carboxylic acids is 1. The molecule has 3 N–H and O–H groups in total. The van der Waals surface area contributed by atoms with Crippen molar-refractivity contribution in [2.24, 2.45) is 5.92 Å². The molecule has 2 aliphatic carbocycles. The molecule has 3 fully saturated rings. The molecule has 8 heteroatoms. The second-order valence-electron chi connectivity index (χ2n) is 10.5. The van der Waals surface area contributed by atoms with Gasteiger partial charge in [-0.2, -0.15) is 0 Å². The highest BCUT2D eigenvalue weighted by Crippen LogP contribution is 2.40. The van der Waals surface area contributed by atoms with Crippen molar-refractivity contribution in [2.75, 3.05) is 6.54 Å². The summed E-state index contributed by atoms with van der Waals surface area (Å²) in [6.07, 6.45) is 11.2. The second kappa shape index (κ2) is 13.6. The molecule has 1 saturated heterocycles. The van der Waals surface area contributed by atoms with Crippen molar-refractivity contribution in [1.29, 1.82) is 0 Å². The molecule has 2 saturated carbocycles. The minimum atomic E-state index is -1.21. The van der Waals surface area contributed by atoms with Gasteiger partial charge in [0.2, 0.25) is 0 Å². The number of rotatable bonds is 7. The lowest BCUT2D eigenvalue weighted by molar-refractivity contribution is -0.157. The molecule has 0 bridgehead atoms. The summed E-state index contributed by atoms with van der Waals surface area (Å²) >= 11 is 0. The van der Waals surface area contributed by atoms with Crippen molar-refractivity contribution >= 4 is 18.0 Å². The molecule has 200 valence electrons. The molecule has 4 rings (SSSR count). The topological polar surface area (TPSA) is 116 Å². The number of carboxylic acids is 2. The highest BCUT2D eigenvalue weighted by Gasteiger charge is 2.52. The predicted molar refractivity (Wildman–Crippen MR) is 137 cm³/mol. The lowest BCUT2D eigenvalue weighted by Crippen LogP contribution is -2.63. The van der Waals surface area contributed by atoms with Crippen LogP contribution in [-0.4, -0.2) is 57.3 Å². The summed E-state index contributed by atoms with van der Waals surface area (Å²) < 4.78 is 5.65. The van der Waals surface area contributed by atoms with Gasteiger partial charge in [-0.15, -0.1) is 0 Å². The minimum absolute atomic E-state index is 0.0232. The van der Waals surface area contributed by atoms with Crippen LogP contribution in [0.25, 0.3) is 0 Å². The molecule has 8 nitrogen and oxygen atoms in total. The zero-order valence-corrected chi connectivity index (χ0v) is 21.5. The van der Waals surface area contributed by atoms with Crippen molar-refractivity contribution in [3.05, 3.63) is 35.9 Å². The van der Waals surface area contributed by atoms with Crippen molar-refractivity contribution in [3.8, 4) is 0 Å². The van der Waals surface area contributed by atoms with Crippen LogP contribution in [0.2, 0.25) is 0 Å². The van der Waals surface area contributed by atoms with Crippen LogP contribution in [0.15, 0.2) is 30.3 Å². The molecule has 2 atom stereocenters. The molecule has 36 heavy (non-hydrogen) atoms. The van der Waals surface area contributed by atoms with E-state index in [1.807, 2.05) is 30.3 Å². The van der Waals surface area contributed by atoms with Gasteiger partial charge in [-0.25, -0.2) is 9.59 Å². The molecule has 1 aliphatic heterocycles. The summed E-state index contributed by atoms with van der Waals surface area (Å²) in [5.41, 5.74) is -0.301. The van der Waals surface area contributed by atoms with Crippen LogP contribution in [0.3, 0.4) is 0 Å². The fourth-order valence-electron chi connectivity index (χ4n) is 5.88. The quantitative estimate of drug-likeness (QED) is 0.469. The number of nitrogens with zero attached hydrogens (tertiary/aromatic N) is 1. The Labute approximate surface area is 214 Å².